The monoisotopic (exact) mass is 462 g/mol. The van der Waals surface area contributed by atoms with Gasteiger partial charge < -0.3 is 14.5 Å². The molecular formula is C25H30N6O3. The molecule has 3 heterocycles. The Kier molecular flexibility index (Phi) is 7.20. The minimum absolute atomic E-state index is 0.000392. The van der Waals surface area contributed by atoms with Gasteiger partial charge in [-0.15, -0.1) is 0 Å². The van der Waals surface area contributed by atoms with E-state index in [2.05, 4.69) is 19.9 Å². The van der Waals surface area contributed by atoms with Gasteiger partial charge in [0.05, 0.1) is 24.3 Å². The third kappa shape index (κ3) is 5.41. The van der Waals surface area contributed by atoms with Gasteiger partial charge in [0.15, 0.2) is 0 Å². The van der Waals surface area contributed by atoms with E-state index in [0.29, 0.717) is 32.8 Å². The lowest BCUT2D eigenvalue weighted by molar-refractivity contribution is -0.132. The standard InChI is InChI=1S/C25H30N6O3/c1-4-34-20-7-5-19(6-8-20)22-13-23(27-16-26-22)29-9-11-30(12-10-29)25(33)15-31-17-28-21(18(2)3)14-24(31)32/h5-8,13-14,16-18H,4,9-12,15H2,1-3H3. The number of carbonyl (C=O) groups excluding carboxylic acids is 1. The van der Waals surface area contributed by atoms with Crippen molar-refractivity contribution in [3.8, 4) is 17.0 Å². The summed E-state index contributed by atoms with van der Waals surface area (Å²) in [5.41, 5.74) is 2.36. The Morgan fingerprint density at radius 2 is 1.76 bits per heavy atom. The highest BCUT2D eigenvalue weighted by Gasteiger charge is 2.23. The number of anilines is 1. The van der Waals surface area contributed by atoms with Crippen LogP contribution >= 0.6 is 0 Å². The van der Waals surface area contributed by atoms with Crippen molar-refractivity contribution in [3.05, 3.63) is 65.1 Å². The number of hydrogen-bond donors (Lipinski definition) is 0. The Labute approximate surface area is 199 Å². The Balaban J connectivity index is 1.37. The van der Waals surface area contributed by atoms with Crippen LogP contribution in [0.5, 0.6) is 5.75 Å². The van der Waals surface area contributed by atoms with Gasteiger partial charge in [-0.3, -0.25) is 14.2 Å². The van der Waals surface area contributed by atoms with Crippen LogP contribution in [0.15, 0.2) is 53.8 Å². The minimum Gasteiger partial charge on any atom is -0.494 e. The van der Waals surface area contributed by atoms with Crippen LogP contribution in [0.3, 0.4) is 0 Å². The molecule has 1 fully saturated rings. The number of carbonyl (C=O) groups is 1. The van der Waals surface area contributed by atoms with Crippen LogP contribution < -0.4 is 15.2 Å². The molecule has 0 unspecified atom stereocenters. The molecule has 0 aliphatic carbocycles. The molecule has 4 rings (SSSR count). The first-order valence-corrected chi connectivity index (χ1v) is 11.6. The number of hydrogen-bond acceptors (Lipinski definition) is 7. The maximum absolute atomic E-state index is 12.8. The van der Waals surface area contributed by atoms with Gasteiger partial charge in [-0.2, -0.15) is 0 Å². The second kappa shape index (κ2) is 10.5. The van der Waals surface area contributed by atoms with Gasteiger partial charge in [0.2, 0.25) is 5.91 Å². The number of nitrogens with zero attached hydrogens (tertiary/aromatic N) is 6. The predicted octanol–water partition coefficient (Wildman–Crippen LogP) is 2.57. The average Bonchev–Trinajstić information content (AvgIpc) is 2.86. The van der Waals surface area contributed by atoms with Crippen molar-refractivity contribution in [2.75, 3.05) is 37.7 Å². The summed E-state index contributed by atoms with van der Waals surface area (Å²) in [6, 6.07) is 11.3. The lowest BCUT2D eigenvalue weighted by Gasteiger charge is -2.35. The van der Waals surface area contributed by atoms with Gasteiger partial charge in [0.1, 0.15) is 24.4 Å². The van der Waals surface area contributed by atoms with Gasteiger partial charge in [-0.25, -0.2) is 15.0 Å². The summed E-state index contributed by atoms with van der Waals surface area (Å²) in [7, 11) is 0. The molecule has 0 bridgehead atoms. The SMILES string of the molecule is CCOc1ccc(-c2cc(N3CCN(C(=O)Cn4cnc(C(C)C)cc4=O)CC3)ncn2)cc1. The largest absolute Gasteiger partial charge is 0.494 e. The van der Waals surface area contributed by atoms with Crippen molar-refractivity contribution in [2.45, 2.75) is 33.2 Å². The van der Waals surface area contributed by atoms with Gasteiger partial charge in [-0.1, -0.05) is 13.8 Å². The van der Waals surface area contributed by atoms with E-state index in [1.165, 1.54) is 17.0 Å². The van der Waals surface area contributed by atoms with E-state index in [4.69, 9.17) is 4.74 Å². The molecule has 9 heteroatoms. The first kappa shape index (κ1) is 23.4. The van der Waals surface area contributed by atoms with Crippen molar-refractivity contribution in [1.82, 2.24) is 24.4 Å². The lowest BCUT2D eigenvalue weighted by atomic mass is 10.1. The Hall–Kier alpha value is -3.75. The quantitative estimate of drug-likeness (QED) is 0.533. The Bertz CT molecular complexity index is 1180. The molecule has 0 radical (unpaired) electrons. The van der Waals surface area contributed by atoms with Crippen LogP contribution in [0.4, 0.5) is 5.82 Å². The number of ether oxygens (including phenoxy) is 1. The molecule has 1 aromatic carbocycles. The van der Waals surface area contributed by atoms with Crippen molar-refractivity contribution >= 4 is 11.7 Å². The number of piperazine rings is 1. The first-order chi connectivity index (χ1) is 16.4. The molecule has 1 saturated heterocycles. The smallest absolute Gasteiger partial charge is 0.254 e. The minimum atomic E-state index is -0.200. The van der Waals surface area contributed by atoms with Crippen molar-refractivity contribution in [2.24, 2.45) is 0 Å². The molecule has 0 atom stereocenters. The normalized spacial score (nSPS) is 13.9. The molecule has 178 valence electrons. The van der Waals surface area contributed by atoms with Gasteiger partial charge in [-0.05, 0) is 37.1 Å². The van der Waals surface area contributed by atoms with Crippen molar-refractivity contribution < 1.29 is 9.53 Å². The zero-order chi connectivity index (χ0) is 24.1. The molecule has 3 aromatic rings. The highest BCUT2D eigenvalue weighted by Crippen LogP contribution is 2.24. The van der Waals surface area contributed by atoms with Crippen molar-refractivity contribution in [1.29, 1.82) is 0 Å². The van der Waals surface area contributed by atoms with E-state index in [1.807, 2.05) is 51.1 Å². The molecular weight excluding hydrogens is 432 g/mol. The van der Waals surface area contributed by atoms with E-state index in [1.54, 1.807) is 11.2 Å². The van der Waals surface area contributed by atoms with Crippen LogP contribution in [0.1, 0.15) is 32.4 Å². The van der Waals surface area contributed by atoms with E-state index in [0.717, 1.165) is 28.5 Å². The third-order valence-corrected chi connectivity index (χ3v) is 5.87. The molecule has 0 N–H and O–H groups in total. The van der Waals surface area contributed by atoms with Gasteiger partial charge >= 0.3 is 0 Å². The maximum Gasteiger partial charge on any atom is 0.254 e. The van der Waals surface area contributed by atoms with Crippen molar-refractivity contribution in [3.63, 3.8) is 0 Å². The van der Waals surface area contributed by atoms with Crippen LogP contribution in [0, 0.1) is 0 Å². The number of benzene rings is 1. The molecule has 34 heavy (non-hydrogen) atoms. The lowest BCUT2D eigenvalue weighted by Crippen LogP contribution is -2.50. The van der Waals surface area contributed by atoms with E-state index < -0.39 is 0 Å². The summed E-state index contributed by atoms with van der Waals surface area (Å²) in [4.78, 5) is 42.2. The molecule has 1 aliphatic rings. The summed E-state index contributed by atoms with van der Waals surface area (Å²) >= 11 is 0. The second-order valence-electron chi connectivity index (χ2n) is 8.52. The Morgan fingerprint density at radius 3 is 2.41 bits per heavy atom. The zero-order valence-corrected chi connectivity index (χ0v) is 19.8. The van der Waals surface area contributed by atoms with E-state index in [9.17, 15) is 9.59 Å². The van der Waals surface area contributed by atoms with E-state index in [-0.39, 0.29) is 23.9 Å². The summed E-state index contributed by atoms with van der Waals surface area (Å²) in [6.07, 6.45) is 3.04. The molecule has 9 nitrogen and oxygen atoms in total. The topological polar surface area (TPSA) is 93.5 Å². The summed E-state index contributed by atoms with van der Waals surface area (Å²) in [5, 5.41) is 0. The molecule has 0 saturated carbocycles. The number of aromatic nitrogens is 4. The molecule has 1 amide bonds. The fraction of sp³-hybridized carbons (Fsp3) is 0.400. The fourth-order valence-electron chi connectivity index (χ4n) is 3.87. The van der Waals surface area contributed by atoms with Gasteiger partial charge in [0, 0.05) is 43.9 Å². The first-order valence-electron chi connectivity index (χ1n) is 11.6. The highest BCUT2D eigenvalue weighted by molar-refractivity contribution is 5.76. The van der Waals surface area contributed by atoms with Gasteiger partial charge in [0.25, 0.3) is 5.56 Å². The predicted molar refractivity (Wildman–Crippen MR) is 130 cm³/mol. The zero-order valence-electron chi connectivity index (χ0n) is 19.8. The number of rotatable bonds is 7. The molecule has 0 spiro atoms. The second-order valence-corrected chi connectivity index (χ2v) is 8.52. The number of amides is 1. The average molecular weight is 463 g/mol. The fourth-order valence-corrected chi connectivity index (χ4v) is 3.87. The molecule has 1 aliphatic heterocycles. The Morgan fingerprint density at radius 1 is 1.03 bits per heavy atom. The van der Waals surface area contributed by atoms with Crippen LogP contribution in [0.2, 0.25) is 0 Å². The summed E-state index contributed by atoms with van der Waals surface area (Å²) in [6.45, 7) is 8.99. The van der Waals surface area contributed by atoms with Crippen LogP contribution in [-0.2, 0) is 11.3 Å². The van der Waals surface area contributed by atoms with Crippen LogP contribution in [-0.4, -0.2) is 63.1 Å². The maximum atomic E-state index is 12.8. The van der Waals surface area contributed by atoms with Crippen LogP contribution in [0.25, 0.3) is 11.3 Å². The molecule has 2 aromatic heterocycles. The summed E-state index contributed by atoms with van der Waals surface area (Å²) < 4.78 is 6.88. The van der Waals surface area contributed by atoms with E-state index >= 15 is 0 Å². The third-order valence-electron chi connectivity index (χ3n) is 5.87. The summed E-state index contributed by atoms with van der Waals surface area (Å²) in [5.74, 6) is 1.74. The highest BCUT2D eigenvalue weighted by atomic mass is 16.5.